The van der Waals surface area contributed by atoms with Crippen LogP contribution in [-0.2, 0) is 11.3 Å². The maximum absolute atomic E-state index is 12.9. The van der Waals surface area contributed by atoms with Crippen molar-refractivity contribution in [1.82, 2.24) is 19.9 Å². The van der Waals surface area contributed by atoms with Gasteiger partial charge < -0.3 is 18.9 Å². The van der Waals surface area contributed by atoms with Crippen LogP contribution in [0.15, 0.2) is 28.9 Å². The van der Waals surface area contributed by atoms with Gasteiger partial charge in [-0.05, 0) is 37.8 Å². The Morgan fingerprint density at radius 3 is 2.93 bits per heavy atom. The van der Waals surface area contributed by atoms with E-state index in [0.717, 1.165) is 64.5 Å². The molecule has 2 aromatic rings. The number of morpholine rings is 1. The van der Waals surface area contributed by atoms with E-state index >= 15 is 0 Å². The van der Waals surface area contributed by atoms with Crippen molar-refractivity contribution in [2.75, 3.05) is 45.9 Å². The van der Waals surface area contributed by atoms with Gasteiger partial charge in [-0.2, -0.15) is 0 Å². The standard InChI is InChI=1S/C21H28N4O4/c1-16-4-5-18(12-22-16)28-15-19-11-20(23-29-19)21(26)25-6-2-3-17(14-25)13-24-7-9-27-10-8-24/h4-5,11-12,17H,2-3,6-10,13-15H2,1H3/t17-/m0/s1. The summed E-state index contributed by atoms with van der Waals surface area (Å²) in [5.41, 5.74) is 1.27. The molecule has 0 radical (unpaired) electrons. The number of piperidine rings is 1. The first-order valence-electron chi connectivity index (χ1n) is 10.3. The van der Waals surface area contributed by atoms with E-state index in [1.165, 1.54) is 0 Å². The summed E-state index contributed by atoms with van der Waals surface area (Å²) in [5, 5.41) is 3.97. The molecule has 2 fully saturated rings. The Labute approximate surface area is 170 Å². The Hall–Kier alpha value is -2.45. The van der Waals surface area contributed by atoms with Gasteiger partial charge in [-0.1, -0.05) is 5.16 Å². The molecule has 0 saturated carbocycles. The molecule has 0 spiro atoms. The predicted octanol–water partition coefficient (Wildman–Crippen LogP) is 2.14. The molecule has 2 aliphatic heterocycles. The number of rotatable bonds is 6. The van der Waals surface area contributed by atoms with Gasteiger partial charge in [0.25, 0.3) is 5.91 Å². The van der Waals surface area contributed by atoms with E-state index in [0.29, 0.717) is 23.1 Å². The van der Waals surface area contributed by atoms with Gasteiger partial charge in [0.05, 0.1) is 19.4 Å². The van der Waals surface area contributed by atoms with Crippen LogP contribution >= 0.6 is 0 Å². The minimum absolute atomic E-state index is 0.0660. The van der Waals surface area contributed by atoms with Crippen LogP contribution in [0.4, 0.5) is 0 Å². The van der Waals surface area contributed by atoms with E-state index in [2.05, 4.69) is 15.0 Å². The zero-order valence-corrected chi connectivity index (χ0v) is 16.9. The van der Waals surface area contributed by atoms with Gasteiger partial charge in [-0.25, -0.2) is 0 Å². The molecule has 4 rings (SSSR count). The Kier molecular flexibility index (Phi) is 6.41. The van der Waals surface area contributed by atoms with Crippen molar-refractivity contribution >= 4 is 5.91 Å². The summed E-state index contributed by atoms with van der Waals surface area (Å²) < 4.78 is 16.4. The lowest BCUT2D eigenvalue weighted by Gasteiger charge is -2.36. The van der Waals surface area contributed by atoms with Crippen LogP contribution in [0.2, 0.25) is 0 Å². The highest BCUT2D eigenvalue weighted by molar-refractivity contribution is 5.92. The van der Waals surface area contributed by atoms with Crippen LogP contribution in [0.5, 0.6) is 5.75 Å². The summed E-state index contributed by atoms with van der Waals surface area (Å²) in [6, 6.07) is 5.41. The number of aromatic nitrogens is 2. The van der Waals surface area contributed by atoms with Crippen LogP contribution in [0.25, 0.3) is 0 Å². The summed E-state index contributed by atoms with van der Waals surface area (Å²) >= 11 is 0. The quantitative estimate of drug-likeness (QED) is 0.735. The van der Waals surface area contributed by atoms with Gasteiger partial charge in [0.15, 0.2) is 11.5 Å². The first-order valence-corrected chi connectivity index (χ1v) is 10.3. The van der Waals surface area contributed by atoms with Crippen molar-refractivity contribution in [1.29, 1.82) is 0 Å². The lowest BCUT2D eigenvalue weighted by atomic mass is 9.97. The number of hydrogen-bond donors (Lipinski definition) is 0. The molecule has 1 amide bonds. The Morgan fingerprint density at radius 1 is 1.28 bits per heavy atom. The second-order valence-corrected chi connectivity index (χ2v) is 7.77. The highest BCUT2D eigenvalue weighted by Gasteiger charge is 2.28. The van der Waals surface area contributed by atoms with Crippen molar-refractivity contribution < 1.29 is 18.8 Å². The minimum Gasteiger partial charge on any atom is -0.484 e. The average molecular weight is 400 g/mol. The number of carbonyl (C=O) groups excluding carboxylic acids is 1. The average Bonchev–Trinajstić information content (AvgIpc) is 3.23. The van der Waals surface area contributed by atoms with Crippen molar-refractivity contribution in [3.8, 4) is 5.75 Å². The zero-order valence-electron chi connectivity index (χ0n) is 16.9. The molecule has 2 aliphatic rings. The molecule has 8 heteroatoms. The fourth-order valence-electron chi connectivity index (χ4n) is 3.89. The van der Waals surface area contributed by atoms with E-state index in [9.17, 15) is 4.79 Å². The van der Waals surface area contributed by atoms with Gasteiger partial charge >= 0.3 is 0 Å². The third-order valence-electron chi connectivity index (χ3n) is 5.47. The molecule has 2 aromatic heterocycles. The van der Waals surface area contributed by atoms with Crippen LogP contribution < -0.4 is 4.74 Å². The molecule has 8 nitrogen and oxygen atoms in total. The number of aryl methyl sites for hydroxylation is 1. The number of hydrogen-bond acceptors (Lipinski definition) is 7. The maximum atomic E-state index is 12.9. The van der Waals surface area contributed by atoms with E-state index in [1.54, 1.807) is 12.3 Å². The number of amides is 1. The third kappa shape index (κ3) is 5.33. The fraction of sp³-hybridized carbons (Fsp3) is 0.571. The van der Waals surface area contributed by atoms with Crippen molar-refractivity contribution in [3.63, 3.8) is 0 Å². The van der Waals surface area contributed by atoms with Crippen LogP contribution in [0.3, 0.4) is 0 Å². The number of carbonyl (C=O) groups is 1. The predicted molar refractivity (Wildman–Crippen MR) is 106 cm³/mol. The zero-order chi connectivity index (χ0) is 20.1. The molecule has 29 heavy (non-hydrogen) atoms. The lowest BCUT2D eigenvalue weighted by Crippen LogP contribution is -2.46. The molecule has 156 valence electrons. The Bertz CT molecular complexity index is 801. The number of pyridine rings is 1. The molecule has 0 N–H and O–H groups in total. The SMILES string of the molecule is Cc1ccc(OCc2cc(C(=O)N3CCC[C@@H](CN4CCOCC4)C3)no2)cn1. The van der Waals surface area contributed by atoms with Gasteiger partial charge in [-0.15, -0.1) is 0 Å². The molecular weight excluding hydrogens is 372 g/mol. The Balaban J connectivity index is 1.30. The van der Waals surface area contributed by atoms with E-state index in [1.807, 2.05) is 24.0 Å². The molecule has 0 aromatic carbocycles. The fourth-order valence-corrected chi connectivity index (χ4v) is 3.89. The Morgan fingerprint density at radius 2 is 2.14 bits per heavy atom. The molecule has 0 bridgehead atoms. The molecule has 4 heterocycles. The van der Waals surface area contributed by atoms with E-state index in [4.69, 9.17) is 14.0 Å². The lowest BCUT2D eigenvalue weighted by molar-refractivity contribution is 0.0222. The topological polar surface area (TPSA) is 80.9 Å². The van der Waals surface area contributed by atoms with Crippen LogP contribution in [0, 0.1) is 12.8 Å². The van der Waals surface area contributed by atoms with E-state index < -0.39 is 0 Å². The summed E-state index contributed by atoms with van der Waals surface area (Å²) in [6.07, 6.45) is 3.85. The summed E-state index contributed by atoms with van der Waals surface area (Å²) in [7, 11) is 0. The van der Waals surface area contributed by atoms with Gasteiger partial charge in [0.2, 0.25) is 0 Å². The molecule has 0 unspecified atom stereocenters. The first kappa shape index (κ1) is 19.8. The first-order chi connectivity index (χ1) is 14.2. The van der Waals surface area contributed by atoms with Gasteiger partial charge in [-0.3, -0.25) is 14.7 Å². The smallest absolute Gasteiger partial charge is 0.276 e. The van der Waals surface area contributed by atoms with Gasteiger partial charge in [0.1, 0.15) is 12.4 Å². The summed E-state index contributed by atoms with van der Waals surface area (Å²) in [6.45, 7) is 8.26. The molecular formula is C21H28N4O4. The second-order valence-electron chi connectivity index (χ2n) is 7.77. The minimum atomic E-state index is -0.0660. The largest absolute Gasteiger partial charge is 0.484 e. The van der Waals surface area contributed by atoms with Crippen LogP contribution in [0.1, 0.15) is 34.8 Å². The molecule has 2 saturated heterocycles. The number of ether oxygens (including phenoxy) is 2. The molecule has 0 aliphatic carbocycles. The van der Waals surface area contributed by atoms with Crippen molar-refractivity contribution in [2.45, 2.75) is 26.4 Å². The summed E-state index contributed by atoms with van der Waals surface area (Å²) in [4.78, 5) is 21.4. The number of likely N-dealkylation sites (tertiary alicyclic amines) is 1. The van der Waals surface area contributed by atoms with Crippen molar-refractivity contribution in [2.24, 2.45) is 5.92 Å². The summed E-state index contributed by atoms with van der Waals surface area (Å²) in [5.74, 6) is 1.61. The highest BCUT2D eigenvalue weighted by Crippen LogP contribution is 2.21. The number of nitrogens with zero attached hydrogens (tertiary/aromatic N) is 4. The van der Waals surface area contributed by atoms with Crippen LogP contribution in [-0.4, -0.2) is 71.8 Å². The third-order valence-corrected chi connectivity index (χ3v) is 5.47. The molecule has 1 atom stereocenters. The maximum Gasteiger partial charge on any atom is 0.276 e. The normalized spacial score (nSPS) is 20.6. The van der Waals surface area contributed by atoms with E-state index in [-0.39, 0.29) is 12.5 Å². The highest BCUT2D eigenvalue weighted by atomic mass is 16.5. The van der Waals surface area contributed by atoms with Gasteiger partial charge in [0, 0.05) is 44.5 Å². The second kappa shape index (κ2) is 9.37. The van der Waals surface area contributed by atoms with Crippen molar-refractivity contribution in [3.05, 3.63) is 41.5 Å². The monoisotopic (exact) mass is 400 g/mol.